The number of carboxylic acid groups (broad SMARTS) is 1. The molecule has 3 aromatic rings. The van der Waals surface area contributed by atoms with Gasteiger partial charge in [-0.1, -0.05) is 12.1 Å². The van der Waals surface area contributed by atoms with E-state index < -0.39 is 5.97 Å². The van der Waals surface area contributed by atoms with Crippen molar-refractivity contribution < 1.29 is 19.4 Å². The third-order valence-electron chi connectivity index (χ3n) is 6.47. The number of nitrogens with one attached hydrogen (secondary N) is 1. The molecule has 1 unspecified atom stereocenters. The summed E-state index contributed by atoms with van der Waals surface area (Å²) in [5.41, 5.74) is 3.19. The summed E-state index contributed by atoms with van der Waals surface area (Å²) in [7, 11) is 0. The Labute approximate surface area is 186 Å². The number of carbonyl (C=O) groups excluding carboxylic acids is 1. The molecule has 7 nitrogen and oxygen atoms in total. The van der Waals surface area contributed by atoms with Crippen LogP contribution in [0.5, 0.6) is 11.5 Å². The van der Waals surface area contributed by atoms with Crippen LogP contribution in [-0.4, -0.2) is 57.4 Å². The molecule has 1 aromatic heterocycles. The van der Waals surface area contributed by atoms with Crippen molar-refractivity contribution in [2.45, 2.75) is 38.3 Å². The van der Waals surface area contributed by atoms with Crippen molar-refractivity contribution in [1.82, 2.24) is 14.8 Å². The lowest BCUT2D eigenvalue weighted by atomic mass is 10.1. The molecule has 0 saturated carbocycles. The van der Waals surface area contributed by atoms with Gasteiger partial charge in [0.25, 0.3) is 0 Å². The summed E-state index contributed by atoms with van der Waals surface area (Å²) in [5, 5.41) is 10.3. The zero-order valence-electron chi connectivity index (χ0n) is 17.9. The number of aliphatic carboxylic acids is 1. The SMILES string of the molecule is O=C(O)CCN1CCc2c[nH]c3ccc(cc23)Oc2cccc(c2)CN2CCCC2C1=O. The number of fused-ring (bicyclic) bond motifs is 4. The number of rotatable bonds is 3. The fraction of sp³-hybridized carbons (Fsp3) is 0.360. The summed E-state index contributed by atoms with van der Waals surface area (Å²) < 4.78 is 6.17. The van der Waals surface area contributed by atoms with E-state index in [1.165, 1.54) is 0 Å². The molecule has 0 spiro atoms. The zero-order valence-corrected chi connectivity index (χ0v) is 17.9. The number of ether oxygens (including phenoxy) is 1. The fourth-order valence-electron chi connectivity index (χ4n) is 4.83. The lowest BCUT2D eigenvalue weighted by molar-refractivity contribution is -0.140. The first kappa shape index (κ1) is 20.6. The highest BCUT2D eigenvalue weighted by Gasteiger charge is 2.33. The minimum atomic E-state index is -0.886. The average Bonchev–Trinajstić information content (AvgIpc) is 3.40. The van der Waals surface area contributed by atoms with E-state index >= 15 is 0 Å². The Morgan fingerprint density at radius 2 is 2.03 bits per heavy atom. The number of carbonyl (C=O) groups is 2. The maximum atomic E-state index is 13.5. The van der Waals surface area contributed by atoms with Crippen LogP contribution in [0.2, 0.25) is 0 Å². The summed E-state index contributed by atoms with van der Waals surface area (Å²) >= 11 is 0. The molecule has 0 radical (unpaired) electrons. The Kier molecular flexibility index (Phi) is 5.57. The number of hydrogen-bond donors (Lipinski definition) is 2. The topological polar surface area (TPSA) is 85.9 Å². The number of aromatic amines is 1. The third kappa shape index (κ3) is 4.21. The van der Waals surface area contributed by atoms with Crippen molar-refractivity contribution >= 4 is 22.8 Å². The van der Waals surface area contributed by atoms with Crippen LogP contribution in [0, 0.1) is 0 Å². The largest absolute Gasteiger partial charge is 0.481 e. The molecule has 166 valence electrons. The molecule has 7 heteroatoms. The average molecular weight is 434 g/mol. The van der Waals surface area contributed by atoms with Crippen molar-refractivity contribution in [3.63, 3.8) is 0 Å². The highest BCUT2D eigenvalue weighted by atomic mass is 16.5. The fourth-order valence-corrected chi connectivity index (χ4v) is 4.83. The van der Waals surface area contributed by atoms with Crippen LogP contribution in [0.15, 0.2) is 48.7 Å². The Bertz CT molecular complexity index is 1160. The molecule has 0 aliphatic carbocycles. The molecule has 1 atom stereocenters. The Morgan fingerprint density at radius 1 is 1.16 bits per heavy atom. The van der Waals surface area contributed by atoms with Crippen LogP contribution in [0.4, 0.5) is 0 Å². The van der Waals surface area contributed by atoms with Crippen molar-refractivity contribution in [2.75, 3.05) is 19.6 Å². The van der Waals surface area contributed by atoms with Crippen LogP contribution >= 0.6 is 0 Å². The summed E-state index contributed by atoms with van der Waals surface area (Å²) in [6.45, 7) is 2.24. The molecule has 5 rings (SSSR count). The normalized spacial score (nSPS) is 19.4. The lowest BCUT2D eigenvalue weighted by Crippen LogP contribution is -2.46. The van der Waals surface area contributed by atoms with Crippen LogP contribution < -0.4 is 4.74 Å². The summed E-state index contributed by atoms with van der Waals surface area (Å²) in [4.78, 5) is 32.0. The molecular weight excluding hydrogens is 406 g/mol. The predicted molar refractivity (Wildman–Crippen MR) is 121 cm³/mol. The van der Waals surface area contributed by atoms with Gasteiger partial charge in [-0.15, -0.1) is 0 Å². The molecule has 2 aliphatic rings. The summed E-state index contributed by atoms with van der Waals surface area (Å²) in [6, 6.07) is 13.8. The van der Waals surface area contributed by atoms with Gasteiger partial charge in [0, 0.05) is 36.7 Å². The number of benzene rings is 2. The van der Waals surface area contributed by atoms with Crippen LogP contribution in [0.1, 0.15) is 30.4 Å². The molecule has 1 amide bonds. The highest BCUT2D eigenvalue weighted by Crippen LogP contribution is 2.30. The van der Waals surface area contributed by atoms with Crippen molar-refractivity contribution in [3.8, 4) is 11.5 Å². The predicted octanol–water partition coefficient (Wildman–Crippen LogP) is 3.78. The van der Waals surface area contributed by atoms with Gasteiger partial charge in [-0.25, -0.2) is 0 Å². The van der Waals surface area contributed by atoms with Gasteiger partial charge >= 0.3 is 5.97 Å². The van der Waals surface area contributed by atoms with E-state index in [0.717, 1.165) is 52.9 Å². The molecule has 2 N–H and O–H groups in total. The second-order valence-electron chi connectivity index (χ2n) is 8.62. The van der Waals surface area contributed by atoms with Crippen molar-refractivity contribution in [1.29, 1.82) is 0 Å². The molecule has 3 heterocycles. The number of nitrogens with zero attached hydrogens (tertiary/aromatic N) is 2. The van der Waals surface area contributed by atoms with Crippen molar-refractivity contribution in [2.24, 2.45) is 0 Å². The number of carboxylic acids is 1. The van der Waals surface area contributed by atoms with E-state index in [0.29, 0.717) is 19.5 Å². The van der Waals surface area contributed by atoms with Crippen molar-refractivity contribution in [3.05, 3.63) is 59.8 Å². The Morgan fingerprint density at radius 3 is 2.91 bits per heavy atom. The zero-order chi connectivity index (χ0) is 22.1. The summed E-state index contributed by atoms with van der Waals surface area (Å²) in [5.74, 6) is 0.691. The van der Waals surface area contributed by atoms with Gasteiger partial charge < -0.3 is 19.7 Å². The number of aromatic nitrogens is 1. The van der Waals surface area contributed by atoms with E-state index in [2.05, 4.69) is 16.0 Å². The van der Waals surface area contributed by atoms with Crippen LogP contribution in [-0.2, 0) is 22.6 Å². The minimum Gasteiger partial charge on any atom is -0.481 e. The molecule has 4 bridgehead atoms. The number of amides is 1. The van der Waals surface area contributed by atoms with Gasteiger partial charge in [-0.2, -0.15) is 0 Å². The Hall–Kier alpha value is -3.32. The number of hydrogen-bond acceptors (Lipinski definition) is 4. The third-order valence-corrected chi connectivity index (χ3v) is 6.47. The quantitative estimate of drug-likeness (QED) is 0.657. The van der Waals surface area contributed by atoms with E-state index in [1.54, 1.807) is 4.90 Å². The monoisotopic (exact) mass is 433 g/mol. The molecule has 2 aromatic carbocycles. The molecule has 2 aliphatic heterocycles. The van der Waals surface area contributed by atoms with E-state index in [9.17, 15) is 14.7 Å². The lowest BCUT2D eigenvalue weighted by Gasteiger charge is -2.30. The minimum absolute atomic E-state index is 0.0338. The highest BCUT2D eigenvalue weighted by molar-refractivity contribution is 5.85. The summed E-state index contributed by atoms with van der Waals surface area (Å²) in [6.07, 6.45) is 4.33. The first-order valence-electron chi connectivity index (χ1n) is 11.2. The number of H-pyrrole nitrogens is 1. The first-order valence-corrected chi connectivity index (χ1v) is 11.2. The Balaban J connectivity index is 1.53. The molecule has 1 saturated heterocycles. The van der Waals surface area contributed by atoms with Gasteiger partial charge in [-0.05, 0) is 67.3 Å². The molecular formula is C25H27N3O4. The maximum absolute atomic E-state index is 13.5. The molecule has 32 heavy (non-hydrogen) atoms. The van der Waals surface area contributed by atoms with Crippen LogP contribution in [0.3, 0.4) is 0 Å². The van der Waals surface area contributed by atoms with Gasteiger partial charge in [0.2, 0.25) is 5.91 Å². The van der Waals surface area contributed by atoms with Crippen LogP contribution in [0.25, 0.3) is 10.9 Å². The van der Waals surface area contributed by atoms with Gasteiger partial charge in [0.05, 0.1) is 12.5 Å². The van der Waals surface area contributed by atoms with E-state index in [1.807, 2.05) is 42.6 Å². The molecule has 1 fully saturated rings. The van der Waals surface area contributed by atoms with Gasteiger partial charge in [0.1, 0.15) is 11.5 Å². The second-order valence-corrected chi connectivity index (χ2v) is 8.62. The van der Waals surface area contributed by atoms with E-state index in [4.69, 9.17) is 4.74 Å². The van der Waals surface area contributed by atoms with Gasteiger partial charge in [0.15, 0.2) is 0 Å². The van der Waals surface area contributed by atoms with Gasteiger partial charge in [-0.3, -0.25) is 14.5 Å². The first-order chi connectivity index (χ1) is 15.6. The standard InChI is InChI=1S/C25H27N3O4/c29-24(30)9-12-27-11-8-18-15-26-22-7-6-20(14-21(18)22)32-19-4-1-3-17(13-19)16-28-10-2-5-23(28)25(27)31/h1,3-4,6-7,13-15,23,26H,2,5,8-12,16H2,(H,29,30). The van der Waals surface area contributed by atoms with E-state index in [-0.39, 0.29) is 24.9 Å². The smallest absolute Gasteiger partial charge is 0.305 e. The maximum Gasteiger partial charge on any atom is 0.305 e. The second kappa shape index (κ2) is 8.67.